The van der Waals surface area contributed by atoms with E-state index in [9.17, 15) is 14.0 Å². The summed E-state index contributed by atoms with van der Waals surface area (Å²) in [6.45, 7) is 7.76. The van der Waals surface area contributed by atoms with E-state index in [1.165, 1.54) is 32.4 Å². The number of rotatable bonds is 3. The number of benzene rings is 2. The first kappa shape index (κ1) is 21.2. The third-order valence-electron chi connectivity index (χ3n) is 6.50. The van der Waals surface area contributed by atoms with Gasteiger partial charge >= 0.3 is 5.69 Å². The van der Waals surface area contributed by atoms with Gasteiger partial charge in [-0.1, -0.05) is 25.1 Å². The number of halogens is 1. The molecule has 0 amide bonds. The summed E-state index contributed by atoms with van der Waals surface area (Å²) in [5, 5.41) is 0. The third kappa shape index (κ3) is 3.46. The summed E-state index contributed by atoms with van der Waals surface area (Å²) in [7, 11) is 1.63. The van der Waals surface area contributed by atoms with Crippen LogP contribution in [-0.2, 0) is 20.1 Å². The van der Waals surface area contributed by atoms with Crippen molar-refractivity contribution in [3.8, 4) is 0 Å². The Morgan fingerprint density at radius 1 is 1.03 bits per heavy atom. The normalized spacial score (nSPS) is 15.8. The lowest BCUT2D eigenvalue weighted by atomic mass is 10.1. The molecule has 0 fully saturated rings. The lowest BCUT2D eigenvalue weighted by molar-refractivity contribution is 0.458. The Balaban J connectivity index is 1.71. The van der Waals surface area contributed by atoms with Crippen LogP contribution in [0, 0.1) is 25.6 Å². The first-order valence-electron chi connectivity index (χ1n) is 11.0. The molecule has 0 saturated heterocycles. The molecule has 1 aliphatic heterocycles. The quantitative estimate of drug-likeness (QED) is 0.482. The molecule has 5 rings (SSSR count). The molecular weight excluding hydrogens is 421 g/mol. The highest BCUT2D eigenvalue weighted by Crippen LogP contribution is 2.33. The molecule has 8 heteroatoms. The molecule has 1 atom stereocenters. The number of nitrogens with zero attached hydrogens (tertiary/aromatic N) is 5. The van der Waals surface area contributed by atoms with Crippen molar-refractivity contribution in [2.75, 3.05) is 11.4 Å². The zero-order valence-electron chi connectivity index (χ0n) is 19.2. The van der Waals surface area contributed by atoms with Gasteiger partial charge in [0.2, 0.25) is 5.95 Å². The summed E-state index contributed by atoms with van der Waals surface area (Å²) in [6, 6.07) is 12.1. The number of aryl methyl sites for hydroxylation is 3. The SMILES string of the molecule is Cc1ccc(N2C[C@H](C)Cn3c2nc2c3c(=O)n(Cc3ccc(F)cc3)c(=O)n2C)cc1C. The summed E-state index contributed by atoms with van der Waals surface area (Å²) in [5.41, 5.74) is 4.04. The number of hydrogen-bond donors (Lipinski definition) is 0. The molecule has 0 radical (unpaired) electrons. The molecule has 0 unspecified atom stereocenters. The van der Waals surface area contributed by atoms with Crippen LogP contribution in [0.15, 0.2) is 52.1 Å². The molecule has 1 aliphatic rings. The third-order valence-corrected chi connectivity index (χ3v) is 6.50. The maximum atomic E-state index is 13.6. The maximum absolute atomic E-state index is 13.6. The lowest BCUT2D eigenvalue weighted by Crippen LogP contribution is -2.40. The average Bonchev–Trinajstić information content (AvgIpc) is 3.17. The fourth-order valence-corrected chi connectivity index (χ4v) is 4.53. The minimum atomic E-state index is -0.446. The number of imidazole rings is 1. The van der Waals surface area contributed by atoms with E-state index in [0.29, 0.717) is 29.2 Å². The minimum Gasteiger partial charge on any atom is -0.312 e. The van der Waals surface area contributed by atoms with Gasteiger partial charge in [-0.3, -0.25) is 13.9 Å². The first-order chi connectivity index (χ1) is 15.7. The van der Waals surface area contributed by atoms with Crippen molar-refractivity contribution in [3.63, 3.8) is 0 Å². The summed E-state index contributed by atoms with van der Waals surface area (Å²) in [6.07, 6.45) is 0. The van der Waals surface area contributed by atoms with Crippen molar-refractivity contribution in [2.24, 2.45) is 13.0 Å². The van der Waals surface area contributed by atoms with Crippen molar-refractivity contribution < 1.29 is 4.39 Å². The summed E-state index contributed by atoms with van der Waals surface area (Å²) in [5.74, 6) is 0.580. The van der Waals surface area contributed by atoms with Crippen LogP contribution in [0.4, 0.5) is 16.0 Å². The summed E-state index contributed by atoms with van der Waals surface area (Å²) in [4.78, 5) is 33.5. The van der Waals surface area contributed by atoms with E-state index in [0.717, 1.165) is 12.2 Å². The predicted octanol–water partition coefficient (Wildman–Crippen LogP) is 3.49. The van der Waals surface area contributed by atoms with Crippen LogP contribution in [-0.4, -0.2) is 25.2 Å². The predicted molar refractivity (Wildman–Crippen MR) is 127 cm³/mol. The molecule has 0 spiro atoms. The number of anilines is 2. The van der Waals surface area contributed by atoms with E-state index >= 15 is 0 Å². The highest BCUT2D eigenvalue weighted by Gasteiger charge is 2.30. The summed E-state index contributed by atoms with van der Waals surface area (Å²) >= 11 is 0. The van der Waals surface area contributed by atoms with E-state index in [1.807, 2.05) is 4.57 Å². The van der Waals surface area contributed by atoms with Gasteiger partial charge in [0, 0.05) is 25.8 Å². The Morgan fingerprint density at radius 2 is 1.76 bits per heavy atom. The molecule has 0 bridgehead atoms. The van der Waals surface area contributed by atoms with Crippen molar-refractivity contribution in [1.29, 1.82) is 0 Å². The van der Waals surface area contributed by atoms with Gasteiger partial charge in [0.25, 0.3) is 5.56 Å². The van der Waals surface area contributed by atoms with Crippen LogP contribution in [0.25, 0.3) is 11.2 Å². The van der Waals surface area contributed by atoms with Crippen LogP contribution in [0.1, 0.15) is 23.6 Å². The van der Waals surface area contributed by atoms with E-state index < -0.39 is 5.69 Å². The van der Waals surface area contributed by atoms with E-state index in [2.05, 4.69) is 43.9 Å². The fraction of sp³-hybridized carbons (Fsp3) is 0.320. The molecule has 4 aromatic rings. The molecule has 7 nitrogen and oxygen atoms in total. The van der Waals surface area contributed by atoms with Crippen LogP contribution < -0.4 is 16.1 Å². The van der Waals surface area contributed by atoms with Crippen molar-refractivity contribution in [3.05, 3.63) is 85.8 Å². The smallest absolute Gasteiger partial charge is 0.312 e. The zero-order valence-corrected chi connectivity index (χ0v) is 19.2. The van der Waals surface area contributed by atoms with Crippen LogP contribution in [0.5, 0.6) is 0 Å². The monoisotopic (exact) mass is 447 g/mol. The number of hydrogen-bond acceptors (Lipinski definition) is 4. The van der Waals surface area contributed by atoms with Crippen molar-refractivity contribution in [2.45, 2.75) is 33.9 Å². The Labute approximate surface area is 190 Å². The lowest BCUT2D eigenvalue weighted by Gasteiger charge is -2.33. The van der Waals surface area contributed by atoms with Gasteiger partial charge in [-0.2, -0.15) is 4.98 Å². The summed E-state index contributed by atoms with van der Waals surface area (Å²) < 4.78 is 17.9. The first-order valence-corrected chi connectivity index (χ1v) is 11.0. The maximum Gasteiger partial charge on any atom is 0.332 e. The van der Waals surface area contributed by atoms with Crippen LogP contribution in [0.2, 0.25) is 0 Å². The Bertz CT molecular complexity index is 1500. The second-order valence-electron chi connectivity index (χ2n) is 9.04. The Hall–Kier alpha value is -3.68. The zero-order chi connectivity index (χ0) is 23.4. The highest BCUT2D eigenvalue weighted by molar-refractivity contribution is 5.77. The van der Waals surface area contributed by atoms with Gasteiger partial charge in [0.15, 0.2) is 11.2 Å². The number of aromatic nitrogens is 4. The molecule has 0 aliphatic carbocycles. The van der Waals surface area contributed by atoms with Crippen molar-refractivity contribution in [1.82, 2.24) is 18.7 Å². The average molecular weight is 448 g/mol. The second kappa shape index (κ2) is 7.72. The molecule has 0 N–H and O–H groups in total. The minimum absolute atomic E-state index is 0.0681. The van der Waals surface area contributed by atoms with Gasteiger partial charge in [-0.15, -0.1) is 0 Å². The van der Waals surface area contributed by atoms with E-state index in [4.69, 9.17) is 4.98 Å². The molecule has 33 heavy (non-hydrogen) atoms. The topological polar surface area (TPSA) is 65.1 Å². The standard InChI is InChI=1S/C25H26FN5O2/c1-15-12-29(20-10-5-16(2)17(3)11-20)24-27-22-21(30(24)13-15)23(32)31(25(33)28(22)4)14-18-6-8-19(26)9-7-18/h5-11,15H,12-14H2,1-4H3/t15-/m0/s1. The van der Waals surface area contributed by atoms with E-state index in [-0.39, 0.29) is 23.8 Å². The van der Waals surface area contributed by atoms with Gasteiger partial charge in [-0.25, -0.2) is 9.18 Å². The van der Waals surface area contributed by atoms with Crippen LogP contribution >= 0.6 is 0 Å². The fourth-order valence-electron chi connectivity index (χ4n) is 4.53. The van der Waals surface area contributed by atoms with Crippen molar-refractivity contribution >= 4 is 22.8 Å². The molecule has 2 aromatic carbocycles. The highest BCUT2D eigenvalue weighted by atomic mass is 19.1. The molecule has 0 saturated carbocycles. The Kier molecular flexibility index (Phi) is 4.96. The molecule has 170 valence electrons. The molecular formula is C25H26FN5O2. The van der Waals surface area contributed by atoms with Gasteiger partial charge in [-0.05, 0) is 60.7 Å². The Morgan fingerprint density at radius 3 is 2.45 bits per heavy atom. The van der Waals surface area contributed by atoms with Gasteiger partial charge < -0.3 is 9.47 Å². The van der Waals surface area contributed by atoms with E-state index in [1.54, 1.807) is 19.2 Å². The van der Waals surface area contributed by atoms with Gasteiger partial charge in [0.05, 0.1) is 6.54 Å². The number of fused-ring (bicyclic) bond motifs is 3. The largest absolute Gasteiger partial charge is 0.332 e. The molecule has 2 aromatic heterocycles. The molecule has 3 heterocycles. The second-order valence-corrected chi connectivity index (χ2v) is 9.04. The van der Waals surface area contributed by atoms with Crippen LogP contribution in [0.3, 0.4) is 0 Å². The van der Waals surface area contributed by atoms with Gasteiger partial charge in [0.1, 0.15) is 5.82 Å².